The summed E-state index contributed by atoms with van der Waals surface area (Å²) in [7, 11) is 0. The van der Waals surface area contributed by atoms with Gasteiger partial charge in [0.2, 0.25) is 0 Å². The normalized spacial score (nSPS) is 11.9. The van der Waals surface area contributed by atoms with Crippen molar-refractivity contribution >= 4 is 28.5 Å². The molecule has 0 heterocycles. The molecule has 0 radical (unpaired) electrons. The fourth-order valence-electron chi connectivity index (χ4n) is 1.93. The maximum atomic E-state index is 12.8. The van der Waals surface area contributed by atoms with Crippen LogP contribution >= 0.6 is 22.6 Å². The highest BCUT2D eigenvalue weighted by atomic mass is 127. The molecule has 104 valence electrons. The largest absolute Gasteiger partial charge is 0.349 e. The number of benzene rings is 2. The number of amides is 1. The smallest absolute Gasteiger partial charge is 0.251 e. The van der Waals surface area contributed by atoms with Crippen molar-refractivity contribution in [1.82, 2.24) is 5.32 Å². The van der Waals surface area contributed by atoms with Crippen molar-refractivity contribution in [2.45, 2.75) is 19.4 Å². The first-order valence-electron chi connectivity index (χ1n) is 6.35. The van der Waals surface area contributed by atoms with Crippen LogP contribution < -0.4 is 5.32 Å². The number of carbonyl (C=O) groups is 1. The van der Waals surface area contributed by atoms with Gasteiger partial charge < -0.3 is 5.32 Å². The predicted molar refractivity (Wildman–Crippen MR) is 86.2 cm³/mol. The minimum atomic E-state index is -0.246. The monoisotopic (exact) mass is 383 g/mol. The number of halogens is 2. The van der Waals surface area contributed by atoms with E-state index in [1.54, 1.807) is 12.1 Å². The van der Waals surface area contributed by atoms with Gasteiger partial charge in [-0.05, 0) is 77.9 Å². The molecular formula is C16H15FINO. The Labute approximate surface area is 131 Å². The molecule has 1 unspecified atom stereocenters. The number of carbonyl (C=O) groups excluding carboxylic acids is 1. The highest BCUT2D eigenvalue weighted by Crippen LogP contribution is 2.09. The molecule has 1 N–H and O–H groups in total. The number of rotatable bonds is 4. The van der Waals surface area contributed by atoms with Gasteiger partial charge in [0.25, 0.3) is 5.91 Å². The van der Waals surface area contributed by atoms with Gasteiger partial charge >= 0.3 is 0 Å². The predicted octanol–water partition coefficient (Wildman–Crippen LogP) is 3.79. The van der Waals surface area contributed by atoms with E-state index in [4.69, 9.17) is 0 Å². The molecule has 0 saturated heterocycles. The molecule has 0 aromatic heterocycles. The number of hydrogen-bond acceptors (Lipinski definition) is 1. The molecule has 0 aliphatic heterocycles. The summed E-state index contributed by atoms with van der Waals surface area (Å²) in [6, 6.07) is 13.8. The molecule has 0 fully saturated rings. The van der Waals surface area contributed by atoms with Gasteiger partial charge in [0.1, 0.15) is 5.82 Å². The summed E-state index contributed by atoms with van der Waals surface area (Å²) in [5, 5.41) is 2.94. The van der Waals surface area contributed by atoms with Crippen LogP contribution in [0.3, 0.4) is 0 Å². The first-order valence-corrected chi connectivity index (χ1v) is 7.43. The summed E-state index contributed by atoms with van der Waals surface area (Å²) in [5.41, 5.74) is 1.65. The Balaban J connectivity index is 1.93. The maximum absolute atomic E-state index is 12.8. The molecule has 0 aliphatic carbocycles. The van der Waals surface area contributed by atoms with Crippen LogP contribution in [0.15, 0.2) is 48.5 Å². The topological polar surface area (TPSA) is 29.1 Å². The van der Waals surface area contributed by atoms with E-state index in [-0.39, 0.29) is 17.8 Å². The Hall–Kier alpha value is -1.43. The van der Waals surface area contributed by atoms with E-state index in [9.17, 15) is 9.18 Å². The average molecular weight is 383 g/mol. The number of hydrogen-bond donors (Lipinski definition) is 1. The zero-order valence-electron chi connectivity index (χ0n) is 11.1. The summed E-state index contributed by atoms with van der Waals surface area (Å²) in [6.07, 6.45) is 0.677. The Morgan fingerprint density at radius 1 is 1.15 bits per heavy atom. The quantitative estimate of drug-likeness (QED) is 0.800. The van der Waals surface area contributed by atoms with E-state index in [2.05, 4.69) is 27.9 Å². The third-order valence-corrected chi connectivity index (χ3v) is 3.66. The minimum Gasteiger partial charge on any atom is -0.349 e. The van der Waals surface area contributed by atoms with Crippen LogP contribution in [0.25, 0.3) is 0 Å². The van der Waals surface area contributed by atoms with Gasteiger partial charge in [-0.1, -0.05) is 12.1 Å². The molecule has 0 bridgehead atoms. The molecule has 20 heavy (non-hydrogen) atoms. The second-order valence-corrected chi connectivity index (χ2v) is 5.96. The molecule has 1 amide bonds. The van der Waals surface area contributed by atoms with Gasteiger partial charge in [0, 0.05) is 15.2 Å². The molecule has 4 heteroatoms. The average Bonchev–Trinajstić information content (AvgIpc) is 2.42. The standard InChI is InChI=1S/C16H15FINO/c1-11(10-12-2-6-14(17)7-3-12)19-16(20)13-4-8-15(18)9-5-13/h2-9,11H,10H2,1H3,(H,19,20). The molecule has 1 atom stereocenters. The van der Waals surface area contributed by atoms with Crippen molar-refractivity contribution in [1.29, 1.82) is 0 Å². The SMILES string of the molecule is CC(Cc1ccc(F)cc1)NC(=O)c1ccc(I)cc1. The molecular weight excluding hydrogens is 368 g/mol. The highest BCUT2D eigenvalue weighted by Gasteiger charge is 2.10. The van der Waals surface area contributed by atoms with Crippen molar-refractivity contribution in [3.8, 4) is 0 Å². The summed E-state index contributed by atoms with van der Waals surface area (Å²) in [4.78, 5) is 12.0. The van der Waals surface area contributed by atoms with Crippen molar-refractivity contribution in [3.05, 3.63) is 69.0 Å². The molecule has 2 rings (SSSR count). The van der Waals surface area contributed by atoms with Crippen LogP contribution in [0.1, 0.15) is 22.8 Å². The van der Waals surface area contributed by atoms with E-state index in [0.29, 0.717) is 12.0 Å². The summed E-state index contributed by atoms with van der Waals surface area (Å²) >= 11 is 2.20. The molecule has 0 saturated carbocycles. The molecule has 2 nitrogen and oxygen atoms in total. The fourth-order valence-corrected chi connectivity index (χ4v) is 2.29. The van der Waals surface area contributed by atoms with Crippen LogP contribution in [0, 0.1) is 9.39 Å². The third-order valence-electron chi connectivity index (χ3n) is 2.94. The highest BCUT2D eigenvalue weighted by molar-refractivity contribution is 14.1. The fraction of sp³-hybridized carbons (Fsp3) is 0.188. The van der Waals surface area contributed by atoms with Gasteiger partial charge in [-0.25, -0.2) is 4.39 Å². The number of nitrogens with one attached hydrogen (secondary N) is 1. The second-order valence-electron chi connectivity index (χ2n) is 4.71. The Morgan fingerprint density at radius 3 is 2.35 bits per heavy atom. The van der Waals surface area contributed by atoms with E-state index in [1.807, 2.05) is 31.2 Å². The van der Waals surface area contributed by atoms with Crippen LogP contribution in [0.2, 0.25) is 0 Å². The van der Waals surface area contributed by atoms with Crippen molar-refractivity contribution in [3.63, 3.8) is 0 Å². The van der Waals surface area contributed by atoms with Crippen molar-refractivity contribution in [2.75, 3.05) is 0 Å². The lowest BCUT2D eigenvalue weighted by atomic mass is 10.1. The van der Waals surface area contributed by atoms with Crippen molar-refractivity contribution < 1.29 is 9.18 Å². The van der Waals surface area contributed by atoms with E-state index in [0.717, 1.165) is 9.13 Å². The Kier molecular flexibility index (Phi) is 5.11. The van der Waals surface area contributed by atoms with E-state index >= 15 is 0 Å². The lowest BCUT2D eigenvalue weighted by Crippen LogP contribution is -2.34. The lowest BCUT2D eigenvalue weighted by molar-refractivity contribution is 0.0940. The minimum absolute atomic E-state index is 0.00719. The van der Waals surface area contributed by atoms with Crippen LogP contribution in [-0.4, -0.2) is 11.9 Å². The Morgan fingerprint density at radius 2 is 1.75 bits per heavy atom. The van der Waals surface area contributed by atoms with Gasteiger partial charge in [0.15, 0.2) is 0 Å². The van der Waals surface area contributed by atoms with Gasteiger partial charge in [-0.3, -0.25) is 4.79 Å². The first-order chi connectivity index (χ1) is 9.54. The first kappa shape index (κ1) is 15.0. The van der Waals surface area contributed by atoms with Gasteiger partial charge in [-0.15, -0.1) is 0 Å². The summed E-state index contributed by atoms with van der Waals surface area (Å²) in [6.45, 7) is 1.94. The zero-order chi connectivity index (χ0) is 14.5. The van der Waals surface area contributed by atoms with E-state index < -0.39 is 0 Å². The summed E-state index contributed by atoms with van der Waals surface area (Å²) < 4.78 is 13.9. The van der Waals surface area contributed by atoms with Crippen LogP contribution in [0.4, 0.5) is 4.39 Å². The zero-order valence-corrected chi connectivity index (χ0v) is 13.2. The Bertz CT molecular complexity index is 580. The molecule has 0 spiro atoms. The van der Waals surface area contributed by atoms with Crippen LogP contribution in [-0.2, 0) is 6.42 Å². The van der Waals surface area contributed by atoms with Crippen molar-refractivity contribution in [2.24, 2.45) is 0 Å². The van der Waals surface area contributed by atoms with Crippen LogP contribution in [0.5, 0.6) is 0 Å². The van der Waals surface area contributed by atoms with E-state index in [1.165, 1.54) is 12.1 Å². The maximum Gasteiger partial charge on any atom is 0.251 e. The molecule has 0 aliphatic rings. The van der Waals surface area contributed by atoms with Gasteiger partial charge in [-0.2, -0.15) is 0 Å². The molecule has 2 aromatic rings. The third kappa shape index (κ3) is 4.30. The lowest BCUT2D eigenvalue weighted by Gasteiger charge is -2.14. The molecule has 2 aromatic carbocycles. The van der Waals surface area contributed by atoms with Gasteiger partial charge in [0.05, 0.1) is 0 Å². The second kappa shape index (κ2) is 6.83. The summed E-state index contributed by atoms with van der Waals surface area (Å²) in [5.74, 6) is -0.333.